The quantitative estimate of drug-likeness (QED) is 0.124. The number of likely N-dealkylation sites (tertiary alicyclic amines) is 1. The number of fused-ring (bicyclic) bond motifs is 3. The number of aryl methyl sites for hydroxylation is 1. The number of nitrogens with one attached hydrogen (secondary N) is 3. The molecule has 4 fully saturated rings. The van der Waals surface area contributed by atoms with Gasteiger partial charge in [-0.15, -0.1) is 0 Å². The molecule has 6 heterocycles. The highest BCUT2D eigenvalue weighted by atomic mass is 35.5. The molecule has 3 N–H and O–H groups in total. The lowest BCUT2D eigenvalue weighted by Crippen LogP contribution is -2.54. The molecule has 0 aliphatic carbocycles. The average molecular weight is 925 g/mol. The highest BCUT2D eigenvalue weighted by Gasteiger charge is 2.47. The molecule has 1 aromatic heterocycles. The van der Waals surface area contributed by atoms with E-state index in [1.165, 1.54) is 6.20 Å². The van der Waals surface area contributed by atoms with Crippen LogP contribution in [-0.4, -0.2) is 114 Å². The lowest BCUT2D eigenvalue weighted by molar-refractivity contribution is -0.136. The Bertz CT molecular complexity index is 2690. The number of anilines is 6. The van der Waals surface area contributed by atoms with Crippen LogP contribution in [0, 0.1) is 12.8 Å². The van der Waals surface area contributed by atoms with Gasteiger partial charge in [0.2, 0.25) is 17.8 Å². The van der Waals surface area contributed by atoms with E-state index in [9.17, 15) is 27.6 Å². The van der Waals surface area contributed by atoms with Crippen molar-refractivity contribution in [1.82, 2.24) is 25.1 Å². The van der Waals surface area contributed by atoms with Crippen LogP contribution in [0.25, 0.3) is 0 Å². The maximum absolute atomic E-state index is 13.5. The summed E-state index contributed by atoms with van der Waals surface area (Å²) in [5.41, 5.74) is 4.76. The van der Waals surface area contributed by atoms with Gasteiger partial charge in [-0.05, 0) is 108 Å². The maximum atomic E-state index is 13.5. The van der Waals surface area contributed by atoms with Gasteiger partial charge in [-0.25, -0.2) is 13.4 Å². The number of benzene rings is 3. The van der Waals surface area contributed by atoms with E-state index in [1.54, 1.807) is 50.2 Å². The Hall–Kier alpha value is -5.78. The topological polar surface area (TPSA) is 186 Å². The zero-order valence-corrected chi connectivity index (χ0v) is 38.7. The minimum Gasteiger partial charge on any atom is -0.489 e. The van der Waals surface area contributed by atoms with Gasteiger partial charge in [-0.3, -0.25) is 34.3 Å². The van der Waals surface area contributed by atoms with Crippen LogP contribution in [0.15, 0.2) is 65.7 Å². The summed E-state index contributed by atoms with van der Waals surface area (Å²) in [6.07, 6.45) is 4.73. The van der Waals surface area contributed by atoms with E-state index >= 15 is 0 Å². The minimum atomic E-state index is -3.58. The Kier molecular flexibility index (Phi) is 12.0. The predicted molar refractivity (Wildman–Crippen MR) is 248 cm³/mol. The molecule has 9 rings (SSSR count). The fraction of sp³-hybridized carbons (Fsp3) is 0.447. The van der Waals surface area contributed by atoms with E-state index in [-0.39, 0.29) is 40.6 Å². The van der Waals surface area contributed by atoms with Gasteiger partial charge in [-0.1, -0.05) is 23.7 Å². The average Bonchev–Trinajstić information content (AvgIpc) is 3.94. The number of carbonyl (C=O) groups excluding carboxylic acids is 4. The summed E-state index contributed by atoms with van der Waals surface area (Å²) >= 11 is 6.53. The van der Waals surface area contributed by atoms with Crippen molar-refractivity contribution in [1.29, 1.82) is 0 Å². The normalized spacial score (nSPS) is 21.5. The second-order valence-electron chi connectivity index (χ2n) is 18.3. The number of hydrogen-bond donors (Lipinski definition) is 3. The Morgan fingerprint density at radius 2 is 1.65 bits per heavy atom. The van der Waals surface area contributed by atoms with Gasteiger partial charge in [0.25, 0.3) is 11.8 Å². The Morgan fingerprint density at radius 3 is 2.35 bits per heavy atom. The first-order valence-corrected chi connectivity index (χ1v) is 24.3. The molecule has 65 heavy (non-hydrogen) atoms. The summed E-state index contributed by atoms with van der Waals surface area (Å²) in [5, 5.41) is 8.33. The third kappa shape index (κ3) is 8.61. The second-order valence-corrected chi connectivity index (χ2v) is 21.2. The van der Waals surface area contributed by atoms with Crippen LogP contribution >= 0.6 is 11.6 Å². The Labute approximate surface area is 384 Å². The van der Waals surface area contributed by atoms with Crippen molar-refractivity contribution < 1.29 is 32.3 Å². The summed E-state index contributed by atoms with van der Waals surface area (Å²) in [6, 6.07) is 16.0. The third-order valence-corrected chi connectivity index (χ3v) is 15.8. The number of piperazine rings is 1. The molecule has 3 aromatic carbocycles. The molecule has 18 heteroatoms. The standard InChI is InChI=1S/C47H54ClN9O7S/c1-26(2)64-40-21-39(28(5)18-37(40)51-47-49-22-35(48)43(53-47)50-36-8-6-7-9-41(36)65(62,63)27(3)4)54-16-14-29(15-17-54)23-55-24-32-19-31(55)25-56(32)30-10-11-33-34(20-30)46(61)57(45(33)60)38-12-13-42(58)52-44(38)59/h6-11,18,20-22,26-27,29,31-32,38H,12-17,19,23-25H2,1-5H3,(H,52,58,59)(H2,49,50,51,53). The number of hydrogen-bond acceptors (Lipinski definition) is 14. The van der Waals surface area contributed by atoms with Gasteiger partial charge in [0, 0.05) is 68.7 Å². The molecule has 3 unspecified atom stereocenters. The van der Waals surface area contributed by atoms with Crippen molar-refractivity contribution >= 4 is 79.6 Å². The Morgan fingerprint density at radius 1 is 0.892 bits per heavy atom. The van der Waals surface area contributed by atoms with Crippen molar-refractivity contribution in [3.63, 3.8) is 0 Å². The highest BCUT2D eigenvalue weighted by Crippen LogP contribution is 2.41. The van der Waals surface area contributed by atoms with E-state index in [0.717, 1.165) is 73.8 Å². The smallest absolute Gasteiger partial charge is 0.262 e. The fourth-order valence-corrected chi connectivity index (χ4v) is 11.3. The molecule has 0 spiro atoms. The number of amides is 4. The molecule has 5 aliphatic heterocycles. The van der Waals surface area contributed by atoms with Gasteiger partial charge >= 0.3 is 0 Å². The summed E-state index contributed by atoms with van der Waals surface area (Å²) < 4.78 is 32.6. The van der Waals surface area contributed by atoms with Gasteiger partial charge in [0.1, 0.15) is 16.8 Å². The van der Waals surface area contributed by atoms with E-state index in [0.29, 0.717) is 46.3 Å². The van der Waals surface area contributed by atoms with Crippen LogP contribution in [0.4, 0.5) is 34.5 Å². The van der Waals surface area contributed by atoms with Crippen molar-refractivity contribution in [3.05, 3.63) is 82.5 Å². The molecule has 0 radical (unpaired) electrons. The summed E-state index contributed by atoms with van der Waals surface area (Å²) in [4.78, 5) is 68.7. The van der Waals surface area contributed by atoms with E-state index in [4.69, 9.17) is 16.3 Å². The number of halogens is 1. The maximum Gasteiger partial charge on any atom is 0.262 e. The number of ether oxygens (including phenoxy) is 1. The molecule has 5 aliphatic rings. The summed E-state index contributed by atoms with van der Waals surface area (Å²) in [7, 11) is -3.58. The second kappa shape index (κ2) is 17.5. The zero-order chi connectivity index (χ0) is 45.9. The SMILES string of the molecule is Cc1cc(Nc2ncc(Cl)c(Nc3ccccc3S(=O)(=O)C(C)C)n2)c(OC(C)C)cc1N1CCC(CN2CC3CC2CN3c2ccc3c(c2)C(=O)N(C2CCC(=O)NC2=O)C3=O)CC1. The van der Waals surface area contributed by atoms with Gasteiger partial charge in [0.05, 0.1) is 44.9 Å². The van der Waals surface area contributed by atoms with Crippen molar-refractivity contribution in [3.8, 4) is 5.75 Å². The molecule has 4 saturated heterocycles. The number of sulfone groups is 1. The van der Waals surface area contributed by atoms with Crippen LogP contribution in [0.1, 0.15) is 86.1 Å². The third-order valence-electron chi connectivity index (χ3n) is 13.3. The highest BCUT2D eigenvalue weighted by molar-refractivity contribution is 7.92. The van der Waals surface area contributed by atoms with Crippen LogP contribution in [0.2, 0.25) is 5.02 Å². The lowest BCUT2D eigenvalue weighted by Gasteiger charge is -2.40. The zero-order valence-electron chi connectivity index (χ0n) is 37.1. The molecule has 16 nitrogen and oxygen atoms in total. The number of nitrogens with zero attached hydrogens (tertiary/aromatic N) is 6. The number of rotatable bonds is 13. The van der Waals surface area contributed by atoms with Crippen LogP contribution in [-0.2, 0) is 19.4 Å². The van der Waals surface area contributed by atoms with E-state index < -0.39 is 44.8 Å². The number of para-hydroxylation sites is 1. The first-order chi connectivity index (χ1) is 31.0. The van der Waals surface area contributed by atoms with Crippen LogP contribution < -0.4 is 30.5 Å². The number of piperidine rings is 2. The molecular weight excluding hydrogens is 870 g/mol. The molecule has 4 amide bonds. The number of carbonyl (C=O) groups is 4. The summed E-state index contributed by atoms with van der Waals surface area (Å²) in [5.74, 6) is -0.245. The molecule has 0 saturated carbocycles. The molecule has 2 bridgehead atoms. The van der Waals surface area contributed by atoms with Gasteiger partial charge in [-0.2, -0.15) is 4.98 Å². The Balaban J connectivity index is 0.822. The lowest BCUT2D eigenvalue weighted by atomic mass is 9.94. The van der Waals surface area contributed by atoms with Crippen molar-refractivity contribution in [2.45, 2.75) is 101 Å². The molecule has 3 atom stereocenters. The van der Waals surface area contributed by atoms with E-state index in [2.05, 4.69) is 53.6 Å². The molecule has 4 aromatic rings. The summed E-state index contributed by atoms with van der Waals surface area (Å²) in [6.45, 7) is 14.0. The van der Waals surface area contributed by atoms with Crippen LogP contribution in [0.3, 0.4) is 0 Å². The first-order valence-electron chi connectivity index (χ1n) is 22.4. The van der Waals surface area contributed by atoms with Crippen molar-refractivity contribution in [2.75, 3.05) is 53.2 Å². The monoisotopic (exact) mass is 923 g/mol. The predicted octanol–water partition coefficient (Wildman–Crippen LogP) is 6.48. The van der Waals surface area contributed by atoms with Gasteiger partial charge in [0.15, 0.2) is 15.7 Å². The van der Waals surface area contributed by atoms with E-state index in [1.807, 2.05) is 26.0 Å². The van der Waals surface area contributed by atoms with Crippen LogP contribution in [0.5, 0.6) is 5.75 Å². The van der Waals surface area contributed by atoms with Crippen molar-refractivity contribution in [2.24, 2.45) is 5.92 Å². The fourth-order valence-electron chi connectivity index (χ4n) is 9.92. The molecular formula is C47H54ClN9O7S. The minimum absolute atomic E-state index is 0.0856. The molecule has 342 valence electrons. The number of aromatic nitrogens is 2. The largest absolute Gasteiger partial charge is 0.489 e. The van der Waals surface area contributed by atoms with Gasteiger partial charge < -0.3 is 25.2 Å². The first kappa shape index (κ1) is 44.4. The number of imide groups is 2.